The Kier molecular flexibility index (Phi) is 4.70. The second-order valence-corrected chi connectivity index (χ2v) is 5.30. The van der Waals surface area contributed by atoms with Crippen molar-refractivity contribution in [3.05, 3.63) is 52.0 Å². The molecular formula is C14H14FNO3S. The fraction of sp³-hybridized carbons (Fsp3) is 0.214. The second-order valence-electron chi connectivity index (χ2n) is 4.32. The van der Waals surface area contributed by atoms with Crippen molar-refractivity contribution in [2.45, 2.75) is 19.0 Å². The molecule has 0 aliphatic heterocycles. The molecule has 1 unspecified atom stereocenters. The molecule has 0 aliphatic carbocycles. The first-order valence-corrected chi connectivity index (χ1v) is 6.90. The quantitative estimate of drug-likeness (QED) is 0.766. The van der Waals surface area contributed by atoms with Gasteiger partial charge in [-0.1, -0.05) is 6.07 Å². The molecule has 1 aromatic heterocycles. The van der Waals surface area contributed by atoms with Gasteiger partial charge in [0.15, 0.2) is 0 Å². The third kappa shape index (κ3) is 3.79. The minimum absolute atomic E-state index is 0.0147. The molecule has 0 saturated carbocycles. The Morgan fingerprint density at radius 3 is 2.85 bits per heavy atom. The fourth-order valence-corrected chi connectivity index (χ4v) is 2.67. The van der Waals surface area contributed by atoms with Gasteiger partial charge in [0.2, 0.25) is 0 Å². The normalized spacial score (nSPS) is 12.2. The van der Waals surface area contributed by atoms with Crippen molar-refractivity contribution >= 4 is 17.3 Å². The molecule has 2 aromatic rings. The van der Waals surface area contributed by atoms with Gasteiger partial charge >= 0.3 is 5.97 Å². The van der Waals surface area contributed by atoms with Crippen LogP contribution in [0.1, 0.15) is 22.9 Å². The third-order valence-electron chi connectivity index (χ3n) is 2.85. The van der Waals surface area contributed by atoms with Crippen LogP contribution in [-0.2, 0) is 11.3 Å². The summed E-state index contributed by atoms with van der Waals surface area (Å²) in [4.78, 5) is 11.8. The van der Waals surface area contributed by atoms with E-state index in [2.05, 4.69) is 5.32 Å². The maximum absolute atomic E-state index is 13.1. The number of benzene rings is 1. The fourth-order valence-electron chi connectivity index (χ4n) is 1.87. The van der Waals surface area contributed by atoms with E-state index in [0.717, 1.165) is 4.88 Å². The number of aromatic hydroxyl groups is 1. The van der Waals surface area contributed by atoms with Crippen LogP contribution in [0.4, 0.5) is 4.39 Å². The minimum atomic E-state index is -0.917. The second kappa shape index (κ2) is 6.49. The summed E-state index contributed by atoms with van der Waals surface area (Å²) in [5.41, 5.74) is 0.400. The monoisotopic (exact) mass is 295 g/mol. The summed E-state index contributed by atoms with van der Waals surface area (Å²) in [5.74, 6) is -1.37. The number of hydrogen-bond acceptors (Lipinski definition) is 4. The van der Waals surface area contributed by atoms with Crippen LogP contribution in [0.15, 0.2) is 35.7 Å². The number of phenolic OH excluding ortho intramolecular Hbond substituents is 1. The zero-order valence-electron chi connectivity index (χ0n) is 10.5. The number of rotatable bonds is 6. The molecule has 0 radical (unpaired) electrons. The first kappa shape index (κ1) is 14.5. The van der Waals surface area contributed by atoms with Gasteiger partial charge < -0.3 is 15.5 Å². The molecule has 0 spiro atoms. The van der Waals surface area contributed by atoms with Crippen molar-refractivity contribution in [2.75, 3.05) is 0 Å². The summed E-state index contributed by atoms with van der Waals surface area (Å²) < 4.78 is 13.1. The van der Waals surface area contributed by atoms with Gasteiger partial charge in [-0.3, -0.25) is 4.79 Å². The highest BCUT2D eigenvalue weighted by Gasteiger charge is 2.16. The van der Waals surface area contributed by atoms with Crippen molar-refractivity contribution in [3.63, 3.8) is 0 Å². The standard InChI is InChI=1S/C14H14FNO3S/c15-10-3-4-12(17)9(6-10)8-16-11(7-14(18)19)13-2-1-5-20-13/h1-6,11,16-17H,7-8H2,(H,18,19). The highest BCUT2D eigenvalue weighted by Crippen LogP contribution is 2.24. The van der Waals surface area contributed by atoms with Gasteiger partial charge in [0.25, 0.3) is 0 Å². The molecule has 106 valence electrons. The van der Waals surface area contributed by atoms with E-state index in [-0.39, 0.29) is 24.8 Å². The Hall–Kier alpha value is -1.92. The molecule has 20 heavy (non-hydrogen) atoms. The van der Waals surface area contributed by atoms with Crippen LogP contribution >= 0.6 is 11.3 Å². The van der Waals surface area contributed by atoms with E-state index in [0.29, 0.717) is 5.56 Å². The lowest BCUT2D eigenvalue weighted by Crippen LogP contribution is -2.22. The molecular weight excluding hydrogens is 281 g/mol. The van der Waals surface area contributed by atoms with Crippen LogP contribution in [0, 0.1) is 5.82 Å². The number of hydrogen-bond donors (Lipinski definition) is 3. The van der Waals surface area contributed by atoms with Crippen molar-refractivity contribution in [3.8, 4) is 5.75 Å². The third-order valence-corrected chi connectivity index (χ3v) is 3.83. The molecule has 0 bridgehead atoms. The summed E-state index contributed by atoms with van der Waals surface area (Å²) in [5, 5.41) is 23.5. The molecule has 6 heteroatoms. The van der Waals surface area contributed by atoms with Gasteiger partial charge in [-0.15, -0.1) is 11.3 Å². The Balaban J connectivity index is 2.08. The number of phenols is 1. The zero-order chi connectivity index (χ0) is 14.5. The maximum Gasteiger partial charge on any atom is 0.305 e. The van der Waals surface area contributed by atoms with Crippen molar-refractivity contribution in [1.29, 1.82) is 0 Å². The number of nitrogens with one attached hydrogen (secondary N) is 1. The summed E-state index contributed by atoms with van der Waals surface area (Å²) in [7, 11) is 0. The van der Waals surface area contributed by atoms with Crippen molar-refractivity contribution in [1.82, 2.24) is 5.32 Å². The number of thiophene rings is 1. The van der Waals surface area contributed by atoms with Gasteiger partial charge in [0, 0.05) is 17.0 Å². The topological polar surface area (TPSA) is 69.6 Å². The molecule has 2 rings (SSSR count). The first-order valence-electron chi connectivity index (χ1n) is 6.02. The molecule has 4 nitrogen and oxygen atoms in total. The van der Waals surface area contributed by atoms with Crippen LogP contribution < -0.4 is 5.32 Å². The molecule has 0 amide bonds. The first-order chi connectivity index (χ1) is 9.56. The molecule has 0 aliphatic rings. The van der Waals surface area contributed by atoms with Gasteiger partial charge in [0.1, 0.15) is 11.6 Å². The average Bonchev–Trinajstić information content (AvgIpc) is 2.91. The van der Waals surface area contributed by atoms with Crippen LogP contribution in [0.3, 0.4) is 0 Å². The molecule has 3 N–H and O–H groups in total. The van der Waals surface area contributed by atoms with Gasteiger partial charge in [-0.2, -0.15) is 0 Å². The van der Waals surface area contributed by atoms with Crippen LogP contribution in [-0.4, -0.2) is 16.2 Å². The lowest BCUT2D eigenvalue weighted by atomic mass is 10.1. The van der Waals surface area contributed by atoms with Gasteiger partial charge in [-0.05, 0) is 29.6 Å². The predicted molar refractivity (Wildman–Crippen MR) is 74.2 cm³/mol. The number of halogens is 1. The maximum atomic E-state index is 13.1. The zero-order valence-corrected chi connectivity index (χ0v) is 11.4. The summed E-state index contributed by atoms with van der Waals surface area (Å²) in [6, 6.07) is 7.01. The average molecular weight is 295 g/mol. The van der Waals surface area contributed by atoms with E-state index >= 15 is 0 Å². The number of carboxylic acids is 1. The van der Waals surface area contributed by atoms with Crippen LogP contribution in [0.5, 0.6) is 5.75 Å². The summed E-state index contributed by atoms with van der Waals surface area (Å²) in [6.45, 7) is 0.194. The van der Waals surface area contributed by atoms with E-state index in [4.69, 9.17) is 5.11 Å². The van der Waals surface area contributed by atoms with Crippen LogP contribution in [0.2, 0.25) is 0 Å². The van der Waals surface area contributed by atoms with Gasteiger partial charge in [-0.25, -0.2) is 4.39 Å². The Morgan fingerprint density at radius 2 is 2.20 bits per heavy atom. The highest BCUT2D eigenvalue weighted by molar-refractivity contribution is 7.10. The van der Waals surface area contributed by atoms with E-state index in [1.807, 2.05) is 17.5 Å². The lowest BCUT2D eigenvalue weighted by molar-refractivity contribution is -0.137. The van der Waals surface area contributed by atoms with Crippen molar-refractivity contribution in [2.24, 2.45) is 0 Å². The Bertz CT molecular complexity index is 586. The molecule has 0 saturated heterocycles. The van der Waals surface area contributed by atoms with E-state index in [1.165, 1.54) is 29.5 Å². The number of carbonyl (C=O) groups is 1. The summed E-state index contributed by atoms with van der Waals surface area (Å²) in [6.07, 6.45) is -0.0728. The number of carboxylic acid groups (broad SMARTS) is 1. The largest absolute Gasteiger partial charge is 0.508 e. The molecule has 1 aromatic carbocycles. The SMILES string of the molecule is O=C(O)CC(NCc1cc(F)ccc1O)c1cccs1. The summed E-state index contributed by atoms with van der Waals surface area (Å²) >= 11 is 1.45. The Labute approximate surface area is 119 Å². The van der Waals surface area contributed by atoms with Crippen molar-refractivity contribution < 1.29 is 19.4 Å². The predicted octanol–water partition coefficient (Wildman–Crippen LogP) is 2.90. The van der Waals surface area contributed by atoms with E-state index in [1.54, 1.807) is 0 Å². The minimum Gasteiger partial charge on any atom is -0.508 e. The lowest BCUT2D eigenvalue weighted by Gasteiger charge is -2.16. The van der Waals surface area contributed by atoms with E-state index < -0.39 is 11.8 Å². The Morgan fingerprint density at radius 1 is 1.40 bits per heavy atom. The highest BCUT2D eigenvalue weighted by atomic mass is 32.1. The molecule has 0 fully saturated rings. The van der Waals surface area contributed by atoms with Gasteiger partial charge in [0.05, 0.1) is 12.5 Å². The smallest absolute Gasteiger partial charge is 0.305 e. The molecule has 1 atom stereocenters. The van der Waals surface area contributed by atoms with E-state index in [9.17, 15) is 14.3 Å². The van der Waals surface area contributed by atoms with Crippen LogP contribution in [0.25, 0.3) is 0 Å². The number of aliphatic carboxylic acids is 1. The molecule has 1 heterocycles.